The Kier molecular flexibility index (Phi) is 7.73. The second kappa shape index (κ2) is 9.06. The Labute approximate surface area is 152 Å². The van der Waals surface area contributed by atoms with Crippen molar-refractivity contribution in [3.05, 3.63) is 46.6 Å². The maximum Gasteiger partial charge on any atom is 0.130 e. The number of hydrogen-bond donors (Lipinski definition) is 1. The number of aryl methyl sites for hydroxylation is 2. The SMILES string of the molecule is Cc1nn(C)c(N(C)C)c1CNCc1cccc(CN(C)C)c1.Cl. The summed E-state index contributed by atoms with van der Waals surface area (Å²) >= 11 is 0. The molecule has 0 spiro atoms. The van der Waals surface area contributed by atoms with Crippen molar-refractivity contribution in [3.8, 4) is 0 Å². The van der Waals surface area contributed by atoms with Crippen LogP contribution in [0.2, 0.25) is 0 Å². The van der Waals surface area contributed by atoms with E-state index in [1.54, 1.807) is 0 Å². The zero-order valence-electron chi connectivity index (χ0n) is 15.6. The van der Waals surface area contributed by atoms with Crippen LogP contribution in [0.5, 0.6) is 0 Å². The number of anilines is 1. The van der Waals surface area contributed by atoms with E-state index in [1.165, 1.54) is 16.7 Å². The minimum atomic E-state index is 0. The molecule has 1 N–H and O–H groups in total. The second-order valence-corrected chi connectivity index (χ2v) is 6.57. The molecular weight excluding hydrogens is 322 g/mol. The Morgan fingerprint density at radius 3 is 2.38 bits per heavy atom. The van der Waals surface area contributed by atoms with Gasteiger partial charge in [0, 0.05) is 46.3 Å². The molecular formula is C18H30ClN5. The van der Waals surface area contributed by atoms with Gasteiger partial charge in [-0.15, -0.1) is 12.4 Å². The number of halogens is 1. The summed E-state index contributed by atoms with van der Waals surface area (Å²) in [4.78, 5) is 4.31. The zero-order valence-corrected chi connectivity index (χ0v) is 16.4. The lowest BCUT2D eigenvalue weighted by Crippen LogP contribution is -2.19. The highest BCUT2D eigenvalue weighted by Gasteiger charge is 2.14. The molecule has 0 atom stereocenters. The van der Waals surface area contributed by atoms with E-state index in [-0.39, 0.29) is 12.4 Å². The molecule has 0 radical (unpaired) electrons. The Hall–Kier alpha value is -1.56. The molecule has 24 heavy (non-hydrogen) atoms. The van der Waals surface area contributed by atoms with Crippen LogP contribution in [-0.4, -0.2) is 42.9 Å². The van der Waals surface area contributed by atoms with Crippen molar-refractivity contribution in [1.82, 2.24) is 20.0 Å². The van der Waals surface area contributed by atoms with E-state index < -0.39 is 0 Å². The number of hydrogen-bond acceptors (Lipinski definition) is 4. The average Bonchev–Trinajstić information content (AvgIpc) is 2.73. The summed E-state index contributed by atoms with van der Waals surface area (Å²) in [6.07, 6.45) is 0. The van der Waals surface area contributed by atoms with E-state index >= 15 is 0 Å². The highest BCUT2D eigenvalue weighted by Crippen LogP contribution is 2.21. The minimum Gasteiger partial charge on any atom is -0.363 e. The first-order chi connectivity index (χ1) is 10.9. The predicted molar refractivity (Wildman–Crippen MR) is 104 cm³/mol. The van der Waals surface area contributed by atoms with Gasteiger partial charge in [0.25, 0.3) is 0 Å². The fourth-order valence-electron chi connectivity index (χ4n) is 2.99. The normalized spacial score (nSPS) is 10.8. The number of benzene rings is 1. The van der Waals surface area contributed by atoms with Crippen LogP contribution in [0.25, 0.3) is 0 Å². The highest BCUT2D eigenvalue weighted by atomic mass is 35.5. The number of rotatable bonds is 7. The molecule has 0 aliphatic carbocycles. The summed E-state index contributed by atoms with van der Waals surface area (Å²) in [6, 6.07) is 8.76. The molecule has 0 aliphatic rings. The Morgan fingerprint density at radius 1 is 1.08 bits per heavy atom. The van der Waals surface area contributed by atoms with E-state index in [1.807, 2.05) is 11.7 Å². The van der Waals surface area contributed by atoms with Gasteiger partial charge in [-0.3, -0.25) is 4.68 Å². The summed E-state index contributed by atoms with van der Waals surface area (Å²) in [6.45, 7) is 4.73. The summed E-state index contributed by atoms with van der Waals surface area (Å²) in [5.74, 6) is 1.16. The lowest BCUT2D eigenvalue weighted by Gasteiger charge is -2.16. The fourth-order valence-corrected chi connectivity index (χ4v) is 2.99. The maximum absolute atomic E-state index is 4.53. The lowest BCUT2D eigenvalue weighted by molar-refractivity contribution is 0.402. The first-order valence-corrected chi connectivity index (χ1v) is 8.01. The van der Waals surface area contributed by atoms with Gasteiger partial charge < -0.3 is 15.1 Å². The summed E-state index contributed by atoms with van der Waals surface area (Å²) in [5, 5.41) is 8.09. The van der Waals surface area contributed by atoms with Gasteiger partial charge in [-0.05, 0) is 32.1 Å². The van der Waals surface area contributed by atoms with Crippen LogP contribution in [0.3, 0.4) is 0 Å². The quantitative estimate of drug-likeness (QED) is 0.831. The molecule has 134 valence electrons. The van der Waals surface area contributed by atoms with E-state index in [4.69, 9.17) is 0 Å². The van der Waals surface area contributed by atoms with Gasteiger partial charge in [-0.1, -0.05) is 24.3 Å². The van der Waals surface area contributed by atoms with Crippen molar-refractivity contribution in [2.75, 3.05) is 33.1 Å². The molecule has 0 aliphatic heterocycles. The van der Waals surface area contributed by atoms with Crippen LogP contribution in [0.15, 0.2) is 24.3 Å². The fraction of sp³-hybridized carbons (Fsp3) is 0.500. The molecule has 0 saturated carbocycles. The van der Waals surface area contributed by atoms with Gasteiger partial charge in [0.05, 0.1) is 5.69 Å². The van der Waals surface area contributed by atoms with Crippen molar-refractivity contribution >= 4 is 18.2 Å². The van der Waals surface area contributed by atoms with Crippen LogP contribution in [0, 0.1) is 6.92 Å². The molecule has 5 nitrogen and oxygen atoms in total. The molecule has 6 heteroatoms. The van der Waals surface area contributed by atoms with Gasteiger partial charge in [0.2, 0.25) is 0 Å². The Balaban J connectivity index is 0.00000288. The van der Waals surface area contributed by atoms with Crippen molar-refractivity contribution in [1.29, 1.82) is 0 Å². The molecule has 0 fully saturated rings. The van der Waals surface area contributed by atoms with Crippen LogP contribution in [-0.2, 0) is 26.7 Å². The number of nitrogens with one attached hydrogen (secondary N) is 1. The molecule has 2 aromatic rings. The zero-order chi connectivity index (χ0) is 17.0. The largest absolute Gasteiger partial charge is 0.363 e. The minimum absolute atomic E-state index is 0. The average molecular weight is 352 g/mol. The van der Waals surface area contributed by atoms with Crippen molar-refractivity contribution in [3.63, 3.8) is 0 Å². The standard InChI is InChI=1S/C18H29N5.ClH/c1-14-17(18(22(4)5)23(6)20-14)12-19-11-15-8-7-9-16(10-15)13-21(2)3;/h7-10,19H,11-13H2,1-6H3;1H. The van der Waals surface area contributed by atoms with Crippen molar-refractivity contribution < 1.29 is 0 Å². The Morgan fingerprint density at radius 2 is 1.75 bits per heavy atom. The highest BCUT2D eigenvalue weighted by molar-refractivity contribution is 5.85. The molecule has 1 heterocycles. The van der Waals surface area contributed by atoms with Crippen molar-refractivity contribution in [2.45, 2.75) is 26.6 Å². The molecule has 1 aromatic carbocycles. The first-order valence-electron chi connectivity index (χ1n) is 8.01. The van der Waals surface area contributed by atoms with Crippen LogP contribution < -0.4 is 10.2 Å². The topological polar surface area (TPSA) is 36.3 Å². The summed E-state index contributed by atoms with van der Waals surface area (Å²) < 4.78 is 1.95. The van der Waals surface area contributed by atoms with Gasteiger partial charge in [0.15, 0.2) is 0 Å². The van der Waals surface area contributed by atoms with Crippen LogP contribution in [0.4, 0.5) is 5.82 Å². The third-order valence-electron chi connectivity index (χ3n) is 3.86. The molecule has 1 aromatic heterocycles. The van der Waals surface area contributed by atoms with Gasteiger partial charge in [-0.25, -0.2) is 0 Å². The molecule has 0 saturated heterocycles. The summed E-state index contributed by atoms with van der Waals surface area (Å²) in [5.41, 5.74) is 5.02. The predicted octanol–water partition coefficient (Wildman–Crippen LogP) is 2.57. The molecule has 2 rings (SSSR count). The van der Waals surface area contributed by atoms with Gasteiger partial charge >= 0.3 is 0 Å². The van der Waals surface area contributed by atoms with E-state index in [2.05, 4.69) is 79.6 Å². The Bertz CT molecular complexity index is 649. The monoisotopic (exact) mass is 351 g/mol. The van der Waals surface area contributed by atoms with E-state index in [0.29, 0.717) is 0 Å². The first kappa shape index (κ1) is 20.5. The van der Waals surface area contributed by atoms with E-state index in [9.17, 15) is 0 Å². The van der Waals surface area contributed by atoms with Crippen molar-refractivity contribution in [2.24, 2.45) is 7.05 Å². The molecule has 0 amide bonds. The third kappa shape index (κ3) is 5.23. The maximum atomic E-state index is 4.53. The smallest absolute Gasteiger partial charge is 0.130 e. The van der Waals surface area contributed by atoms with E-state index in [0.717, 1.165) is 31.1 Å². The van der Waals surface area contributed by atoms with Crippen LogP contribution in [0.1, 0.15) is 22.4 Å². The van der Waals surface area contributed by atoms with Gasteiger partial charge in [-0.2, -0.15) is 5.10 Å². The molecule has 0 unspecified atom stereocenters. The lowest BCUT2D eigenvalue weighted by atomic mass is 10.1. The second-order valence-electron chi connectivity index (χ2n) is 6.57. The molecule has 0 bridgehead atoms. The van der Waals surface area contributed by atoms with Crippen LogP contribution >= 0.6 is 12.4 Å². The third-order valence-corrected chi connectivity index (χ3v) is 3.86. The van der Waals surface area contributed by atoms with Gasteiger partial charge in [0.1, 0.15) is 5.82 Å². The number of nitrogens with zero attached hydrogens (tertiary/aromatic N) is 4. The summed E-state index contributed by atoms with van der Waals surface area (Å²) in [7, 11) is 10.3. The number of aromatic nitrogens is 2.